The third-order valence-electron chi connectivity index (χ3n) is 3.10. The predicted molar refractivity (Wildman–Crippen MR) is 51.1 cm³/mol. The first-order valence-corrected chi connectivity index (χ1v) is 4.99. The van der Waals surface area contributed by atoms with Gasteiger partial charge in [-0.1, -0.05) is 20.8 Å². The summed E-state index contributed by atoms with van der Waals surface area (Å²) in [5.41, 5.74) is 0.0731. The fourth-order valence-electron chi connectivity index (χ4n) is 2.12. The summed E-state index contributed by atoms with van der Waals surface area (Å²) >= 11 is 0. The van der Waals surface area contributed by atoms with E-state index in [-0.39, 0.29) is 5.54 Å². The normalized spacial score (nSPS) is 35.2. The molecule has 0 radical (unpaired) electrons. The van der Waals surface area contributed by atoms with Crippen molar-refractivity contribution in [2.24, 2.45) is 11.8 Å². The van der Waals surface area contributed by atoms with E-state index < -0.39 is 0 Å². The van der Waals surface area contributed by atoms with E-state index >= 15 is 0 Å². The number of aliphatic hydroxyl groups excluding tert-OH is 1. The van der Waals surface area contributed by atoms with Crippen LogP contribution in [0.2, 0.25) is 0 Å². The van der Waals surface area contributed by atoms with E-state index in [4.69, 9.17) is 0 Å². The van der Waals surface area contributed by atoms with E-state index in [0.717, 1.165) is 31.2 Å². The highest BCUT2D eigenvalue weighted by molar-refractivity contribution is 5.01. The predicted octanol–water partition coefficient (Wildman–Crippen LogP) is 1.39. The van der Waals surface area contributed by atoms with Gasteiger partial charge in [0.25, 0.3) is 0 Å². The van der Waals surface area contributed by atoms with Gasteiger partial charge in [-0.2, -0.15) is 0 Å². The highest BCUT2D eigenvalue weighted by Gasteiger charge is 2.43. The summed E-state index contributed by atoms with van der Waals surface area (Å²) in [4.78, 5) is 0. The Morgan fingerprint density at radius 2 is 2.08 bits per heavy atom. The Labute approximate surface area is 75.4 Å². The van der Waals surface area contributed by atoms with Crippen molar-refractivity contribution in [3.63, 3.8) is 0 Å². The van der Waals surface area contributed by atoms with Crippen molar-refractivity contribution in [2.75, 3.05) is 13.2 Å². The second-order valence-corrected chi connectivity index (χ2v) is 4.38. The van der Waals surface area contributed by atoms with Gasteiger partial charge in [0.1, 0.15) is 0 Å². The van der Waals surface area contributed by atoms with Crippen LogP contribution in [0.25, 0.3) is 0 Å². The maximum atomic E-state index is 9.20. The molecule has 1 aliphatic rings. The first-order valence-electron chi connectivity index (χ1n) is 4.99. The summed E-state index contributed by atoms with van der Waals surface area (Å²) in [5, 5.41) is 12.6. The van der Waals surface area contributed by atoms with Crippen LogP contribution in [0.4, 0.5) is 0 Å². The molecule has 0 atom stereocenters. The smallest absolute Gasteiger partial charge is 0.0613 e. The summed E-state index contributed by atoms with van der Waals surface area (Å²) in [6, 6.07) is 0. The third-order valence-corrected chi connectivity index (χ3v) is 3.10. The van der Waals surface area contributed by atoms with Crippen molar-refractivity contribution >= 4 is 0 Å². The van der Waals surface area contributed by atoms with Crippen LogP contribution in [0.15, 0.2) is 0 Å². The molecule has 0 bridgehead atoms. The van der Waals surface area contributed by atoms with Crippen LogP contribution in [0.5, 0.6) is 0 Å². The van der Waals surface area contributed by atoms with Gasteiger partial charge in [0.15, 0.2) is 0 Å². The second-order valence-electron chi connectivity index (χ2n) is 4.38. The molecule has 0 aromatic carbocycles. The fourth-order valence-corrected chi connectivity index (χ4v) is 2.12. The molecule has 2 nitrogen and oxygen atoms in total. The lowest BCUT2D eigenvalue weighted by molar-refractivity contribution is 0.0203. The lowest BCUT2D eigenvalue weighted by Crippen LogP contribution is -2.58. The van der Waals surface area contributed by atoms with Crippen LogP contribution in [0.1, 0.15) is 33.6 Å². The highest BCUT2D eigenvalue weighted by atomic mass is 16.3. The van der Waals surface area contributed by atoms with Gasteiger partial charge in [-0.05, 0) is 31.2 Å². The Morgan fingerprint density at radius 1 is 1.50 bits per heavy atom. The van der Waals surface area contributed by atoms with E-state index in [1.54, 1.807) is 0 Å². The van der Waals surface area contributed by atoms with Crippen LogP contribution >= 0.6 is 0 Å². The molecule has 1 aliphatic carbocycles. The summed E-state index contributed by atoms with van der Waals surface area (Å²) in [6.07, 6.45) is 2.30. The van der Waals surface area contributed by atoms with Gasteiger partial charge in [0.05, 0.1) is 6.61 Å². The minimum absolute atomic E-state index is 0.0731. The molecule has 1 fully saturated rings. The molecular formula is C10H21NO. The van der Waals surface area contributed by atoms with Gasteiger partial charge in [-0.15, -0.1) is 0 Å². The van der Waals surface area contributed by atoms with E-state index in [2.05, 4.69) is 26.1 Å². The Balaban J connectivity index is 2.35. The molecule has 0 aliphatic heterocycles. The Hall–Kier alpha value is -0.0800. The molecule has 1 rings (SSSR count). The quantitative estimate of drug-likeness (QED) is 0.670. The zero-order valence-corrected chi connectivity index (χ0v) is 8.43. The number of hydrogen-bond acceptors (Lipinski definition) is 2. The van der Waals surface area contributed by atoms with Gasteiger partial charge in [0.2, 0.25) is 0 Å². The van der Waals surface area contributed by atoms with Gasteiger partial charge in [-0.3, -0.25) is 0 Å². The molecule has 0 spiro atoms. The first-order chi connectivity index (χ1) is 5.63. The highest BCUT2D eigenvalue weighted by Crippen LogP contribution is 2.41. The number of aliphatic hydroxyl groups is 1. The van der Waals surface area contributed by atoms with Crippen LogP contribution in [0, 0.1) is 11.8 Å². The Kier molecular flexibility index (Phi) is 3.13. The van der Waals surface area contributed by atoms with E-state index in [0.29, 0.717) is 6.61 Å². The topological polar surface area (TPSA) is 32.3 Å². The van der Waals surface area contributed by atoms with Crippen molar-refractivity contribution in [1.29, 1.82) is 0 Å². The molecule has 1 saturated carbocycles. The fraction of sp³-hybridized carbons (Fsp3) is 1.00. The lowest BCUT2D eigenvalue weighted by atomic mass is 9.64. The summed E-state index contributed by atoms with van der Waals surface area (Å²) < 4.78 is 0. The van der Waals surface area contributed by atoms with Crippen molar-refractivity contribution in [3.8, 4) is 0 Å². The molecule has 0 heterocycles. The SMILES string of the molecule is CCNC1(CO)CC(C(C)C)C1. The number of rotatable bonds is 4. The number of nitrogens with one attached hydrogen (secondary N) is 1. The number of hydrogen-bond donors (Lipinski definition) is 2. The van der Waals surface area contributed by atoms with E-state index in [1.807, 2.05) is 0 Å². The van der Waals surface area contributed by atoms with Crippen molar-refractivity contribution in [2.45, 2.75) is 39.2 Å². The molecule has 0 unspecified atom stereocenters. The van der Waals surface area contributed by atoms with Crippen LogP contribution in [-0.4, -0.2) is 23.8 Å². The average molecular weight is 171 g/mol. The minimum Gasteiger partial charge on any atom is -0.394 e. The van der Waals surface area contributed by atoms with Crippen molar-refractivity contribution < 1.29 is 5.11 Å². The van der Waals surface area contributed by atoms with Gasteiger partial charge in [0, 0.05) is 5.54 Å². The zero-order valence-electron chi connectivity index (χ0n) is 8.43. The summed E-state index contributed by atoms with van der Waals surface area (Å²) in [6.45, 7) is 7.88. The molecule has 12 heavy (non-hydrogen) atoms. The van der Waals surface area contributed by atoms with Crippen LogP contribution < -0.4 is 5.32 Å². The van der Waals surface area contributed by atoms with Gasteiger partial charge >= 0.3 is 0 Å². The van der Waals surface area contributed by atoms with E-state index in [1.165, 1.54) is 0 Å². The molecule has 0 saturated heterocycles. The number of likely N-dealkylation sites (N-methyl/N-ethyl adjacent to an activating group) is 1. The Bertz CT molecular complexity index is 139. The summed E-state index contributed by atoms with van der Waals surface area (Å²) in [7, 11) is 0. The molecular weight excluding hydrogens is 150 g/mol. The minimum atomic E-state index is 0.0731. The molecule has 72 valence electrons. The standard InChI is InChI=1S/C10H21NO/c1-4-11-10(7-12)5-9(6-10)8(2)3/h8-9,11-12H,4-7H2,1-3H3. The Morgan fingerprint density at radius 3 is 2.42 bits per heavy atom. The second kappa shape index (κ2) is 3.75. The maximum Gasteiger partial charge on any atom is 0.0613 e. The van der Waals surface area contributed by atoms with Gasteiger partial charge < -0.3 is 10.4 Å². The average Bonchev–Trinajstić information content (AvgIpc) is 1.95. The van der Waals surface area contributed by atoms with Gasteiger partial charge in [-0.25, -0.2) is 0 Å². The zero-order chi connectivity index (χ0) is 9.19. The van der Waals surface area contributed by atoms with E-state index in [9.17, 15) is 5.11 Å². The molecule has 0 amide bonds. The van der Waals surface area contributed by atoms with Crippen LogP contribution in [0.3, 0.4) is 0 Å². The monoisotopic (exact) mass is 171 g/mol. The molecule has 0 aromatic rings. The molecule has 0 aromatic heterocycles. The molecule has 2 heteroatoms. The summed E-state index contributed by atoms with van der Waals surface area (Å²) in [5.74, 6) is 1.58. The van der Waals surface area contributed by atoms with Crippen molar-refractivity contribution in [1.82, 2.24) is 5.32 Å². The van der Waals surface area contributed by atoms with Crippen LogP contribution in [-0.2, 0) is 0 Å². The first kappa shape index (κ1) is 10.0. The molecule has 2 N–H and O–H groups in total. The van der Waals surface area contributed by atoms with Crippen molar-refractivity contribution in [3.05, 3.63) is 0 Å². The lowest BCUT2D eigenvalue weighted by Gasteiger charge is -2.49. The largest absolute Gasteiger partial charge is 0.394 e. The maximum absolute atomic E-state index is 9.20. The third kappa shape index (κ3) is 1.80.